The summed E-state index contributed by atoms with van der Waals surface area (Å²) in [6, 6.07) is 4.19. The van der Waals surface area contributed by atoms with Crippen molar-refractivity contribution < 1.29 is 4.74 Å². The molecular formula is C14H21N3OS. The fraction of sp³-hybridized carbons (Fsp3) is 0.571. The lowest BCUT2D eigenvalue weighted by molar-refractivity contribution is -0.0976. The molecule has 19 heavy (non-hydrogen) atoms. The van der Waals surface area contributed by atoms with E-state index in [9.17, 15) is 0 Å². The van der Waals surface area contributed by atoms with Crippen LogP contribution in [-0.2, 0) is 4.74 Å². The molecule has 1 heterocycles. The van der Waals surface area contributed by atoms with Gasteiger partial charge in [0.2, 0.25) is 0 Å². The molecule has 0 aromatic carbocycles. The third-order valence-electron chi connectivity index (χ3n) is 3.92. The molecule has 1 aromatic rings. The van der Waals surface area contributed by atoms with Crippen LogP contribution in [0.2, 0.25) is 0 Å². The van der Waals surface area contributed by atoms with Crippen LogP contribution in [0, 0.1) is 5.41 Å². The Hall–Kier alpha value is -1.20. The predicted octanol–water partition coefficient (Wildman–Crippen LogP) is 2.33. The van der Waals surface area contributed by atoms with Gasteiger partial charge >= 0.3 is 0 Å². The molecule has 104 valence electrons. The maximum atomic E-state index is 5.72. The zero-order valence-electron chi connectivity index (χ0n) is 11.6. The second kappa shape index (κ2) is 5.43. The minimum absolute atomic E-state index is 0.125. The van der Waals surface area contributed by atoms with Crippen molar-refractivity contribution in [1.82, 2.24) is 4.98 Å². The van der Waals surface area contributed by atoms with Gasteiger partial charge in [0.25, 0.3) is 0 Å². The Morgan fingerprint density at radius 2 is 2.32 bits per heavy atom. The molecule has 4 nitrogen and oxygen atoms in total. The summed E-state index contributed by atoms with van der Waals surface area (Å²) in [4.78, 5) is 4.71. The number of pyridine rings is 1. The molecule has 0 aliphatic heterocycles. The number of rotatable bonds is 5. The molecule has 0 saturated heterocycles. The Bertz CT molecular complexity index is 458. The zero-order chi connectivity index (χ0) is 14.0. The number of thiocarbonyl (C=S) groups is 1. The lowest BCUT2D eigenvalue weighted by atomic mass is 9.64. The van der Waals surface area contributed by atoms with Crippen molar-refractivity contribution >= 4 is 23.0 Å². The predicted molar refractivity (Wildman–Crippen MR) is 81.3 cm³/mol. The van der Waals surface area contributed by atoms with E-state index in [0.29, 0.717) is 17.1 Å². The number of nitrogens with two attached hydrogens (primary N) is 1. The monoisotopic (exact) mass is 279 g/mol. The van der Waals surface area contributed by atoms with Gasteiger partial charge in [0.15, 0.2) is 0 Å². The van der Waals surface area contributed by atoms with Crippen molar-refractivity contribution in [2.24, 2.45) is 11.1 Å². The Labute approximate surface area is 119 Å². The Kier molecular flexibility index (Phi) is 4.06. The van der Waals surface area contributed by atoms with E-state index in [1.165, 1.54) is 0 Å². The quantitative estimate of drug-likeness (QED) is 0.810. The van der Waals surface area contributed by atoms with Crippen LogP contribution in [0.1, 0.15) is 32.8 Å². The molecule has 3 N–H and O–H groups in total. The summed E-state index contributed by atoms with van der Waals surface area (Å²) in [7, 11) is 0. The van der Waals surface area contributed by atoms with Gasteiger partial charge in [-0.1, -0.05) is 26.1 Å². The van der Waals surface area contributed by atoms with Gasteiger partial charge in [-0.05, 0) is 25.5 Å². The van der Waals surface area contributed by atoms with Crippen molar-refractivity contribution in [2.75, 3.05) is 11.9 Å². The van der Waals surface area contributed by atoms with Crippen LogP contribution in [0.3, 0.4) is 0 Å². The number of nitrogens with one attached hydrogen (secondary N) is 1. The fourth-order valence-corrected chi connectivity index (χ4v) is 2.54. The highest BCUT2D eigenvalue weighted by Crippen LogP contribution is 2.44. The smallest absolute Gasteiger partial charge is 0.126 e. The summed E-state index contributed by atoms with van der Waals surface area (Å²) in [6.45, 7) is 7.24. The van der Waals surface area contributed by atoms with Crippen LogP contribution in [0.15, 0.2) is 18.3 Å². The Morgan fingerprint density at radius 3 is 2.79 bits per heavy atom. The average molecular weight is 279 g/mol. The van der Waals surface area contributed by atoms with Gasteiger partial charge in [-0.2, -0.15) is 0 Å². The average Bonchev–Trinajstić information content (AvgIpc) is 2.38. The van der Waals surface area contributed by atoms with E-state index in [1.807, 2.05) is 19.1 Å². The van der Waals surface area contributed by atoms with E-state index in [4.69, 9.17) is 22.7 Å². The van der Waals surface area contributed by atoms with Gasteiger partial charge in [-0.3, -0.25) is 0 Å². The van der Waals surface area contributed by atoms with Crippen LogP contribution in [-0.4, -0.2) is 28.7 Å². The highest BCUT2D eigenvalue weighted by molar-refractivity contribution is 7.80. The number of anilines is 1. The second-order valence-electron chi connectivity index (χ2n) is 5.49. The summed E-state index contributed by atoms with van der Waals surface area (Å²) in [6.07, 6.45) is 3.04. The lowest BCUT2D eigenvalue weighted by Gasteiger charge is -2.51. The van der Waals surface area contributed by atoms with Crippen LogP contribution in [0.5, 0.6) is 0 Å². The van der Waals surface area contributed by atoms with Gasteiger partial charge in [-0.25, -0.2) is 4.98 Å². The molecule has 1 fully saturated rings. The van der Waals surface area contributed by atoms with E-state index in [-0.39, 0.29) is 5.41 Å². The number of aromatic nitrogens is 1. The number of hydrogen-bond donors (Lipinski definition) is 2. The van der Waals surface area contributed by atoms with Gasteiger partial charge in [-0.15, -0.1) is 0 Å². The third-order valence-corrected chi connectivity index (χ3v) is 4.15. The first-order valence-corrected chi connectivity index (χ1v) is 7.00. The molecule has 1 aliphatic carbocycles. The first-order chi connectivity index (χ1) is 8.95. The molecule has 1 aromatic heterocycles. The minimum Gasteiger partial charge on any atom is -0.389 e. The molecule has 2 atom stereocenters. The van der Waals surface area contributed by atoms with Crippen LogP contribution >= 0.6 is 12.2 Å². The molecule has 0 radical (unpaired) electrons. The van der Waals surface area contributed by atoms with Crippen LogP contribution in [0.4, 0.5) is 5.82 Å². The van der Waals surface area contributed by atoms with E-state index >= 15 is 0 Å². The Morgan fingerprint density at radius 1 is 1.58 bits per heavy atom. The first kappa shape index (κ1) is 14.2. The van der Waals surface area contributed by atoms with Crippen LogP contribution < -0.4 is 11.1 Å². The molecule has 0 bridgehead atoms. The summed E-state index contributed by atoms with van der Waals surface area (Å²) in [5, 5.41) is 3.45. The number of nitrogens with zero attached hydrogens (tertiary/aromatic N) is 1. The summed E-state index contributed by atoms with van der Waals surface area (Å²) < 4.78 is 5.72. The SMILES string of the molecule is CCOC1CC(Nc2ccc(C(N)=S)cn2)C1(C)C. The van der Waals surface area contributed by atoms with Crippen molar-refractivity contribution in [3.05, 3.63) is 23.9 Å². The molecule has 1 aliphatic rings. The molecule has 2 unspecified atom stereocenters. The Balaban J connectivity index is 1.97. The molecular weight excluding hydrogens is 258 g/mol. The van der Waals surface area contributed by atoms with Crippen molar-refractivity contribution in [3.8, 4) is 0 Å². The summed E-state index contributed by atoms with van der Waals surface area (Å²) in [5.41, 5.74) is 6.47. The van der Waals surface area contributed by atoms with Gasteiger partial charge in [0, 0.05) is 29.8 Å². The largest absolute Gasteiger partial charge is 0.389 e. The highest BCUT2D eigenvalue weighted by atomic mass is 32.1. The number of hydrogen-bond acceptors (Lipinski definition) is 4. The third kappa shape index (κ3) is 2.87. The van der Waals surface area contributed by atoms with Crippen molar-refractivity contribution in [1.29, 1.82) is 0 Å². The van der Waals surface area contributed by atoms with Crippen molar-refractivity contribution in [2.45, 2.75) is 39.3 Å². The summed E-state index contributed by atoms with van der Waals surface area (Å²) >= 11 is 4.91. The van der Waals surface area contributed by atoms with Crippen LogP contribution in [0.25, 0.3) is 0 Å². The molecule has 2 rings (SSSR count). The second-order valence-corrected chi connectivity index (χ2v) is 5.93. The van der Waals surface area contributed by atoms with E-state index in [1.54, 1.807) is 6.20 Å². The molecule has 0 amide bonds. The first-order valence-electron chi connectivity index (χ1n) is 6.59. The summed E-state index contributed by atoms with van der Waals surface area (Å²) in [5.74, 6) is 0.855. The standard InChI is InChI=1S/C14H21N3OS/c1-4-18-11-7-10(14(11,2)3)17-12-6-5-9(8-16-12)13(15)19/h5-6,8,10-11H,4,7H2,1-3H3,(H2,15,19)(H,16,17). The minimum atomic E-state index is 0.125. The number of ether oxygens (including phenoxy) is 1. The van der Waals surface area contributed by atoms with E-state index < -0.39 is 0 Å². The van der Waals surface area contributed by atoms with Gasteiger partial charge in [0.05, 0.1) is 6.10 Å². The highest BCUT2D eigenvalue weighted by Gasteiger charge is 2.48. The molecule has 1 saturated carbocycles. The maximum Gasteiger partial charge on any atom is 0.126 e. The lowest BCUT2D eigenvalue weighted by Crippen LogP contribution is -2.58. The fourth-order valence-electron chi connectivity index (χ4n) is 2.42. The van der Waals surface area contributed by atoms with Gasteiger partial charge in [0.1, 0.15) is 10.8 Å². The van der Waals surface area contributed by atoms with E-state index in [0.717, 1.165) is 24.4 Å². The van der Waals surface area contributed by atoms with E-state index in [2.05, 4.69) is 24.1 Å². The van der Waals surface area contributed by atoms with Gasteiger partial charge < -0.3 is 15.8 Å². The maximum absolute atomic E-state index is 5.72. The molecule has 0 spiro atoms. The molecule has 5 heteroatoms. The van der Waals surface area contributed by atoms with Crippen molar-refractivity contribution in [3.63, 3.8) is 0 Å². The topological polar surface area (TPSA) is 60.2 Å². The normalized spacial score (nSPS) is 24.6. The zero-order valence-corrected chi connectivity index (χ0v) is 12.5.